The standard InChI is InChI=1S/C14H9BrN2O5/c15-10-3-1-8(5-11(10)17(19)20)14(18)16-9-2-4-12-13(6-9)22-7-21-12/h1-6H,7H2,(H,16,18). The number of benzene rings is 2. The van der Waals surface area contributed by atoms with Crippen molar-refractivity contribution in [1.29, 1.82) is 0 Å². The Labute approximate surface area is 133 Å². The predicted molar refractivity (Wildman–Crippen MR) is 81.3 cm³/mol. The van der Waals surface area contributed by atoms with Crippen molar-refractivity contribution in [3.63, 3.8) is 0 Å². The van der Waals surface area contributed by atoms with Gasteiger partial charge in [0, 0.05) is 23.4 Å². The summed E-state index contributed by atoms with van der Waals surface area (Å²) >= 11 is 3.08. The first-order valence-corrected chi connectivity index (χ1v) is 6.99. The van der Waals surface area contributed by atoms with E-state index in [1.807, 2.05) is 0 Å². The molecule has 0 radical (unpaired) electrons. The number of hydrogen-bond acceptors (Lipinski definition) is 5. The summed E-state index contributed by atoms with van der Waals surface area (Å²) < 4.78 is 10.7. The van der Waals surface area contributed by atoms with E-state index in [0.29, 0.717) is 21.7 Å². The number of nitro groups is 1. The molecule has 0 bridgehead atoms. The van der Waals surface area contributed by atoms with Crippen LogP contribution in [0.4, 0.5) is 11.4 Å². The second-order valence-corrected chi connectivity index (χ2v) is 5.30. The van der Waals surface area contributed by atoms with E-state index in [1.54, 1.807) is 18.2 Å². The summed E-state index contributed by atoms with van der Waals surface area (Å²) in [5, 5.41) is 13.6. The number of halogens is 1. The molecule has 7 nitrogen and oxygen atoms in total. The number of nitrogens with one attached hydrogen (secondary N) is 1. The van der Waals surface area contributed by atoms with Crippen LogP contribution in [0.2, 0.25) is 0 Å². The normalized spacial score (nSPS) is 12.0. The molecule has 0 aliphatic carbocycles. The highest BCUT2D eigenvalue weighted by atomic mass is 79.9. The van der Waals surface area contributed by atoms with Crippen LogP contribution in [0.25, 0.3) is 0 Å². The first-order valence-electron chi connectivity index (χ1n) is 6.19. The molecule has 1 amide bonds. The molecule has 1 N–H and O–H groups in total. The molecule has 1 aliphatic heterocycles. The van der Waals surface area contributed by atoms with E-state index in [2.05, 4.69) is 21.2 Å². The molecule has 0 saturated heterocycles. The third-order valence-corrected chi connectivity index (χ3v) is 3.71. The van der Waals surface area contributed by atoms with Gasteiger partial charge in [0.15, 0.2) is 11.5 Å². The third kappa shape index (κ3) is 2.73. The molecular weight excluding hydrogens is 356 g/mol. The van der Waals surface area contributed by atoms with Crippen molar-refractivity contribution in [2.45, 2.75) is 0 Å². The Balaban J connectivity index is 1.83. The Kier molecular flexibility index (Phi) is 3.68. The van der Waals surface area contributed by atoms with Gasteiger partial charge in [-0.25, -0.2) is 0 Å². The molecule has 1 aliphatic rings. The van der Waals surface area contributed by atoms with Gasteiger partial charge in [0.25, 0.3) is 11.6 Å². The lowest BCUT2D eigenvalue weighted by Gasteiger charge is -2.06. The molecule has 22 heavy (non-hydrogen) atoms. The number of hydrogen-bond donors (Lipinski definition) is 1. The van der Waals surface area contributed by atoms with Gasteiger partial charge in [-0.1, -0.05) is 0 Å². The van der Waals surface area contributed by atoms with Gasteiger partial charge in [-0.05, 0) is 40.2 Å². The van der Waals surface area contributed by atoms with E-state index in [1.165, 1.54) is 18.2 Å². The molecule has 0 unspecified atom stereocenters. The highest BCUT2D eigenvalue weighted by Gasteiger charge is 2.17. The van der Waals surface area contributed by atoms with Crippen LogP contribution in [0.5, 0.6) is 11.5 Å². The van der Waals surface area contributed by atoms with Gasteiger partial charge in [0.05, 0.1) is 9.40 Å². The summed E-state index contributed by atoms with van der Waals surface area (Å²) in [5.41, 5.74) is 0.533. The molecule has 2 aromatic carbocycles. The molecular formula is C14H9BrN2O5. The topological polar surface area (TPSA) is 90.7 Å². The maximum absolute atomic E-state index is 12.2. The Morgan fingerprint density at radius 1 is 1.18 bits per heavy atom. The van der Waals surface area contributed by atoms with Gasteiger partial charge in [0.1, 0.15) is 0 Å². The molecule has 2 aromatic rings. The monoisotopic (exact) mass is 364 g/mol. The molecule has 0 fully saturated rings. The van der Waals surface area contributed by atoms with Crippen LogP contribution in [0.1, 0.15) is 10.4 Å². The van der Waals surface area contributed by atoms with Crippen molar-refractivity contribution in [3.8, 4) is 11.5 Å². The van der Waals surface area contributed by atoms with Crippen molar-refractivity contribution in [2.75, 3.05) is 12.1 Å². The van der Waals surface area contributed by atoms with Crippen molar-refractivity contribution >= 4 is 33.2 Å². The number of nitrogens with zero attached hydrogens (tertiary/aromatic N) is 1. The Hall–Kier alpha value is -2.61. The molecule has 112 valence electrons. The summed E-state index contributed by atoms with van der Waals surface area (Å²) in [6.07, 6.45) is 0. The maximum atomic E-state index is 12.2. The number of anilines is 1. The van der Waals surface area contributed by atoms with Crippen LogP contribution in [0.15, 0.2) is 40.9 Å². The summed E-state index contributed by atoms with van der Waals surface area (Å²) in [6, 6.07) is 9.16. The predicted octanol–water partition coefficient (Wildman–Crippen LogP) is 3.34. The Morgan fingerprint density at radius 2 is 1.95 bits per heavy atom. The zero-order chi connectivity index (χ0) is 15.7. The zero-order valence-electron chi connectivity index (χ0n) is 11.0. The Bertz CT molecular complexity index is 778. The van der Waals surface area contributed by atoms with E-state index in [4.69, 9.17) is 9.47 Å². The molecule has 0 aromatic heterocycles. The van der Waals surface area contributed by atoms with Crippen molar-refractivity contribution in [1.82, 2.24) is 0 Å². The summed E-state index contributed by atoms with van der Waals surface area (Å²) in [6.45, 7) is 0.144. The van der Waals surface area contributed by atoms with Crippen molar-refractivity contribution in [3.05, 3.63) is 56.5 Å². The van der Waals surface area contributed by atoms with Gasteiger partial charge in [0.2, 0.25) is 6.79 Å². The first kappa shape index (κ1) is 14.3. The number of rotatable bonds is 3. The first-order chi connectivity index (χ1) is 10.5. The number of ether oxygens (including phenoxy) is 2. The van der Waals surface area contributed by atoms with Gasteiger partial charge >= 0.3 is 0 Å². The number of carbonyl (C=O) groups excluding carboxylic acids is 1. The highest BCUT2D eigenvalue weighted by Crippen LogP contribution is 2.34. The number of fused-ring (bicyclic) bond motifs is 1. The number of carbonyl (C=O) groups is 1. The summed E-state index contributed by atoms with van der Waals surface area (Å²) in [5.74, 6) is 0.700. The van der Waals surface area contributed by atoms with Crippen LogP contribution in [-0.2, 0) is 0 Å². The van der Waals surface area contributed by atoms with Crippen LogP contribution in [0.3, 0.4) is 0 Å². The van der Waals surface area contributed by atoms with Crippen LogP contribution >= 0.6 is 15.9 Å². The quantitative estimate of drug-likeness (QED) is 0.666. The lowest BCUT2D eigenvalue weighted by atomic mass is 10.2. The minimum absolute atomic E-state index is 0.144. The van der Waals surface area contributed by atoms with Gasteiger partial charge in [-0.15, -0.1) is 0 Å². The average molecular weight is 365 g/mol. The van der Waals surface area contributed by atoms with Crippen LogP contribution in [0, 0.1) is 10.1 Å². The lowest BCUT2D eigenvalue weighted by Crippen LogP contribution is -2.12. The second-order valence-electron chi connectivity index (χ2n) is 4.45. The third-order valence-electron chi connectivity index (χ3n) is 3.04. The van der Waals surface area contributed by atoms with Gasteiger partial charge in [-0.3, -0.25) is 14.9 Å². The smallest absolute Gasteiger partial charge is 0.284 e. The fourth-order valence-electron chi connectivity index (χ4n) is 1.97. The van der Waals surface area contributed by atoms with E-state index in [0.717, 1.165) is 0 Å². The number of amides is 1. The minimum atomic E-state index is -0.554. The Morgan fingerprint density at radius 3 is 2.73 bits per heavy atom. The largest absolute Gasteiger partial charge is 0.454 e. The van der Waals surface area contributed by atoms with Gasteiger partial charge in [-0.2, -0.15) is 0 Å². The second kappa shape index (κ2) is 5.64. The minimum Gasteiger partial charge on any atom is -0.454 e. The summed E-state index contributed by atoms with van der Waals surface area (Å²) in [4.78, 5) is 22.5. The van der Waals surface area contributed by atoms with E-state index >= 15 is 0 Å². The van der Waals surface area contributed by atoms with Crippen molar-refractivity contribution < 1.29 is 19.2 Å². The van der Waals surface area contributed by atoms with Crippen molar-refractivity contribution in [2.24, 2.45) is 0 Å². The molecule has 8 heteroatoms. The van der Waals surface area contributed by atoms with Crippen LogP contribution in [-0.4, -0.2) is 17.6 Å². The maximum Gasteiger partial charge on any atom is 0.284 e. The fraction of sp³-hybridized carbons (Fsp3) is 0.0714. The van der Waals surface area contributed by atoms with Gasteiger partial charge < -0.3 is 14.8 Å². The number of nitro benzene ring substituents is 1. The lowest BCUT2D eigenvalue weighted by molar-refractivity contribution is -0.385. The molecule has 0 spiro atoms. The summed E-state index contributed by atoms with van der Waals surface area (Å²) in [7, 11) is 0. The molecule has 1 heterocycles. The van der Waals surface area contributed by atoms with E-state index < -0.39 is 10.8 Å². The van der Waals surface area contributed by atoms with Crippen LogP contribution < -0.4 is 14.8 Å². The average Bonchev–Trinajstić information content (AvgIpc) is 2.94. The van der Waals surface area contributed by atoms with E-state index in [-0.39, 0.29) is 18.0 Å². The fourth-order valence-corrected chi connectivity index (χ4v) is 2.36. The highest BCUT2D eigenvalue weighted by molar-refractivity contribution is 9.10. The molecule has 0 atom stereocenters. The zero-order valence-corrected chi connectivity index (χ0v) is 12.6. The SMILES string of the molecule is O=C(Nc1ccc2c(c1)OCO2)c1ccc(Br)c([N+](=O)[O-])c1. The molecule has 3 rings (SSSR count). The van der Waals surface area contributed by atoms with E-state index in [9.17, 15) is 14.9 Å². The molecule has 0 saturated carbocycles.